The van der Waals surface area contributed by atoms with Crippen molar-refractivity contribution in [2.24, 2.45) is 5.92 Å². The van der Waals surface area contributed by atoms with Crippen LogP contribution in [0.5, 0.6) is 0 Å². The normalized spacial score (nSPS) is 14.9. The number of aromatic nitrogens is 2. The van der Waals surface area contributed by atoms with Crippen LogP contribution in [0.15, 0.2) is 66.9 Å². The zero-order valence-electron chi connectivity index (χ0n) is 16.9. The Labute approximate surface area is 172 Å². The Morgan fingerprint density at radius 2 is 1.69 bits per heavy atom. The second-order valence-electron chi connectivity index (χ2n) is 7.67. The lowest BCUT2D eigenvalue weighted by atomic mass is 9.93. The lowest BCUT2D eigenvalue weighted by Crippen LogP contribution is -2.39. The number of nitrogens with zero attached hydrogens (tertiary/aromatic N) is 3. The quantitative estimate of drug-likeness (QED) is 0.694. The number of piperidine rings is 1. The summed E-state index contributed by atoms with van der Waals surface area (Å²) >= 11 is 0. The predicted molar refractivity (Wildman–Crippen MR) is 116 cm³/mol. The number of hydrogen-bond donors (Lipinski definition) is 1. The van der Waals surface area contributed by atoms with Gasteiger partial charge < -0.3 is 10.2 Å². The molecule has 4 rings (SSSR count). The van der Waals surface area contributed by atoms with Crippen LogP contribution in [-0.2, 0) is 0 Å². The highest BCUT2D eigenvalue weighted by Gasteiger charge is 2.27. The number of rotatable bonds is 6. The molecule has 1 fully saturated rings. The minimum absolute atomic E-state index is 0.0816. The lowest BCUT2D eigenvalue weighted by Gasteiger charge is -2.32. The highest BCUT2D eigenvalue weighted by atomic mass is 16.2. The fraction of sp³-hybridized carbons (Fsp3) is 0.333. The van der Waals surface area contributed by atoms with Gasteiger partial charge >= 0.3 is 0 Å². The van der Waals surface area contributed by atoms with E-state index in [4.69, 9.17) is 5.10 Å². The Morgan fingerprint density at radius 3 is 2.34 bits per heavy atom. The Balaban J connectivity index is 1.60. The monoisotopic (exact) mass is 388 g/mol. The van der Waals surface area contributed by atoms with Crippen LogP contribution in [0.3, 0.4) is 0 Å². The molecule has 5 nitrogen and oxygen atoms in total. The number of benzene rings is 2. The van der Waals surface area contributed by atoms with E-state index < -0.39 is 0 Å². The molecule has 1 saturated heterocycles. The Kier molecular flexibility index (Phi) is 6.06. The topological polar surface area (TPSA) is 50.2 Å². The minimum Gasteiger partial charge on any atom is -0.339 e. The van der Waals surface area contributed by atoms with Crippen molar-refractivity contribution in [3.8, 4) is 16.9 Å². The minimum atomic E-state index is 0.0816. The highest BCUT2D eigenvalue weighted by Crippen LogP contribution is 2.27. The van der Waals surface area contributed by atoms with Crippen molar-refractivity contribution in [2.45, 2.75) is 19.3 Å². The summed E-state index contributed by atoms with van der Waals surface area (Å²) in [6.45, 7) is 2.68. The van der Waals surface area contributed by atoms with E-state index in [0.717, 1.165) is 49.4 Å². The maximum atomic E-state index is 13.4. The Bertz CT molecular complexity index is 928. The van der Waals surface area contributed by atoms with E-state index in [0.29, 0.717) is 11.5 Å². The summed E-state index contributed by atoms with van der Waals surface area (Å²) in [5, 5.41) is 8.01. The molecule has 0 saturated carbocycles. The van der Waals surface area contributed by atoms with Crippen molar-refractivity contribution >= 4 is 5.91 Å². The highest BCUT2D eigenvalue weighted by molar-refractivity contribution is 6.00. The van der Waals surface area contributed by atoms with Crippen LogP contribution >= 0.6 is 0 Å². The molecule has 1 aliphatic heterocycles. The van der Waals surface area contributed by atoms with Gasteiger partial charge in [0.2, 0.25) is 0 Å². The first-order chi connectivity index (χ1) is 14.3. The first-order valence-corrected chi connectivity index (χ1v) is 10.4. The number of para-hydroxylation sites is 1. The van der Waals surface area contributed by atoms with Gasteiger partial charge in [0.1, 0.15) is 5.69 Å². The average molecular weight is 389 g/mol. The van der Waals surface area contributed by atoms with Gasteiger partial charge in [-0.05, 0) is 50.9 Å². The van der Waals surface area contributed by atoms with Gasteiger partial charge in [-0.3, -0.25) is 4.79 Å². The van der Waals surface area contributed by atoms with Crippen molar-refractivity contribution in [1.29, 1.82) is 0 Å². The maximum Gasteiger partial charge on any atom is 0.257 e. The molecule has 0 atom stereocenters. The Morgan fingerprint density at radius 1 is 1.03 bits per heavy atom. The van der Waals surface area contributed by atoms with E-state index >= 15 is 0 Å². The van der Waals surface area contributed by atoms with Crippen molar-refractivity contribution < 1.29 is 4.79 Å². The molecule has 0 unspecified atom stereocenters. The van der Waals surface area contributed by atoms with Gasteiger partial charge in [0.25, 0.3) is 5.91 Å². The van der Waals surface area contributed by atoms with E-state index in [-0.39, 0.29) is 5.91 Å². The first-order valence-electron chi connectivity index (χ1n) is 10.4. The van der Waals surface area contributed by atoms with Gasteiger partial charge in [0.05, 0.1) is 11.3 Å². The maximum absolute atomic E-state index is 13.4. The molecule has 2 heterocycles. The van der Waals surface area contributed by atoms with Crippen LogP contribution < -0.4 is 5.32 Å². The first kappa shape index (κ1) is 19.4. The van der Waals surface area contributed by atoms with Gasteiger partial charge in [-0.15, -0.1) is 0 Å². The fourth-order valence-corrected chi connectivity index (χ4v) is 4.00. The molecule has 1 aromatic heterocycles. The molecule has 5 heteroatoms. The standard InChI is InChI=1S/C24H28N4O/c1-25-15-12-19-13-16-27(17-14-19)24(29)22-18-28(21-10-6-3-7-11-21)26-23(22)20-8-4-2-5-9-20/h2-11,18-19,25H,12-17H2,1H3. The third kappa shape index (κ3) is 4.40. The SMILES string of the molecule is CNCCC1CCN(C(=O)c2cn(-c3ccccc3)nc2-c2ccccc2)CC1. The van der Waals surface area contributed by atoms with Gasteiger partial charge in [0.15, 0.2) is 0 Å². The summed E-state index contributed by atoms with van der Waals surface area (Å²) in [6, 6.07) is 19.9. The van der Waals surface area contributed by atoms with Crippen LogP contribution in [0.25, 0.3) is 16.9 Å². The molecule has 3 aromatic rings. The second kappa shape index (κ2) is 9.05. The molecule has 1 aliphatic rings. The van der Waals surface area contributed by atoms with E-state index in [1.54, 1.807) is 0 Å². The lowest BCUT2D eigenvalue weighted by molar-refractivity contribution is 0.0688. The second-order valence-corrected chi connectivity index (χ2v) is 7.67. The predicted octanol–water partition coefficient (Wildman–Crippen LogP) is 4.00. The third-order valence-corrected chi connectivity index (χ3v) is 5.72. The van der Waals surface area contributed by atoms with Crippen LogP contribution in [0.4, 0.5) is 0 Å². The summed E-state index contributed by atoms with van der Waals surface area (Å²) in [4.78, 5) is 15.4. The number of nitrogens with one attached hydrogen (secondary N) is 1. The van der Waals surface area contributed by atoms with Gasteiger partial charge in [-0.25, -0.2) is 4.68 Å². The zero-order chi connectivity index (χ0) is 20.1. The van der Waals surface area contributed by atoms with E-state index in [9.17, 15) is 4.79 Å². The molecule has 0 radical (unpaired) electrons. The van der Waals surface area contributed by atoms with Crippen LogP contribution in [0.2, 0.25) is 0 Å². The molecule has 0 bridgehead atoms. The van der Waals surface area contributed by atoms with E-state index in [1.165, 1.54) is 6.42 Å². The molecule has 29 heavy (non-hydrogen) atoms. The van der Waals surface area contributed by atoms with Crippen molar-refractivity contribution in [1.82, 2.24) is 20.0 Å². The van der Waals surface area contributed by atoms with E-state index in [2.05, 4.69) is 5.32 Å². The number of carbonyl (C=O) groups is 1. The summed E-state index contributed by atoms with van der Waals surface area (Å²) in [6.07, 6.45) is 5.20. The van der Waals surface area contributed by atoms with Gasteiger partial charge in [-0.1, -0.05) is 48.5 Å². The summed E-state index contributed by atoms with van der Waals surface area (Å²) < 4.78 is 1.81. The summed E-state index contributed by atoms with van der Waals surface area (Å²) in [5.74, 6) is 0.783. The fourth-order valence-electron chi connectivity index (χ4n) is 4.00. The molecular formula is C24H28N4O. The van der Waals surface area contributed by atoms with Crippen LogP contribution in [0.1, 0.15) is 29.6 Å². The van der Waals surface area contributed by atoms with E-state index in [1.807, 2.05) is 83.5 Å². The molecule has 150 valence electrons. The van der Waals surface area contributed by atoms with Gasteiger partial charge in [0, 0.05) is 24.8 Å². The average Bonchev–Trinajstić information content (AvgIpc) is 3.24. The smallest absolute Gasteiger partial charge is 0.257 e. The molecule has 0 aliphatic carbocycles. The summed E-state index contributed by atoms with van der Waals surface area (Å²) in [5.41, 5.74) is 3.34. The molecular weight excluding hydrogens is 360 g/mol. The summed E-state index contributed by atoms with van der Waals surface area (Å²) in [7, 11) is 1.99. The number of likely N-dealkylation sites (tertiary alicyclic amines) is 1. The molecule has 2 aromatic carbocycles. The molecule has 1 N–H and O–H groups in total. The number of carbonyl (C=O) groups excluding carboxylic acids is 1. The zero-order valence-corrected chi connectivity index (χ0v) is 16.9. The van der Waals surface area contributed by atoms with Crippen molar-refractivity contribution in [3.63, 3.8) is 0 Å². The largest absolute Gasteiger partial charge is 0.339 e. The van der Waals surface area contributed by atoms with Crippen LogP contribution in [0, 0.1) is 5.92 Å². The van der Waals surface area contributed by atoms with Crippen LogP contribution in [-0.4, -0.2) is 47.3 Å². The van der Waals surface area contributed by atoms with Gasteiger partial charge in [-0.2, -0.15) is 5.10 Å². The molecule has 1 amide bonds. The van der Waals surface area contributed by atoms with Crippen molar-refractivity contribution in [2.75, 3.05) is 26.7 Å². The number of amides is 1. The number of hydrogen-bond acceptors (Lipinski definition) is 3. The van der Waals surface area contributed by atoms with Crippen molar-refractivity contribution in [3.05, 3.63) is 72.4 Å². The third-order valence-electron chi connectivity index (χ3n) is 5.72. The molecule has 0 spiro atoms. The Hall–Kier alpha value is -2.92.